The average molecular weight is 230 g/mol. The molecule has 1 aromatic heterocycles. The molecule has 86 valence electrons. The van der Waals surface area contributed by atoms with Crippen molar-refractivity contribution >= 4 is 11.7 Å². The number of carbonyl (C=O) groups is 1. The van der Waals surface area contributed by atoms with Crippen LogP contribution in [0, 0.1) is 0 Å². The molecular formula is C12H10N2O3. The number of nitrogens with one attached hydrogen (secondary N) is 1. The Morgan fingerprint density at radius 2 is 1.76 bits per heavy atom. The molecule has 0 aliphatic heterocycles. The van der Waals surface area contributed by atoms with Gasteiger partial charge in [0.1, 0.15) is 5.56 Å². The summed E-state index contributed by atoms with van der Waals surface area (Å²) in [6, 6.07) is 9.75. The van der Waals surface area contributed by atoms with E-state index in [0.717, 1.165) is 5.56 Å². The Bertz CT molecular complexity index is 614. The molecule has 0 spiro atoms. The number of aromatic amines is 1. The lowest BCUT2D eigenvalue weighted by Crippen LogP contribution is -2.17. The van der Waals surface area contributed by atoms with Crippen LogP contribution in [0.15, 0.2) is 41.2 Å². The van der Waals surface area contributed by atoms with Gasteiger partial charge in [0.15, 0.2) is 0 Å². The first-order chi connectivity index (χ1) is 8.08. The highest BCUT2D eigenvalue weighted by Gasteiger charge is 2.08. The highest BCUT2D eigenvalue weighted by atomic mass is 16.4. The number of anilines is 1. The predicted octanol–water partition coefficient (Wildman–Crippen LogP) is 1.32. The SMILES string of the molecule is Nc1ccc(-c2ccc(C(=O)O)c(=O)[nH]2)cc1. The van der Waals surface area contributed by atoms with Crippen molar-refractivity contribution in [1.82, 2.24) is 4.98 Å². The summed E-state index contributed by atoms with van der Waals surface area (Å²) in [7, 11) is 0. The van der Waals surface area contributed by atoms with Crippen molar-refractivity contribution in [2.45, 2.75) is 0 Å². The highest BCUT2D eigenvalue weighted by molar-refractivity contribution is 5.87. The minimum atomic E-state index is -1.24. The molecule has 2 rings (SSSR count). The minimum Gasteiger partial charge on any atom is -0.477 e. The number of rotatable bonds is 2. The van der Waals surface area contributed by atoms with Gasteiger partial charge in [0.25, 0.3) is 5.56 Å². The molecule has 0 saturated carbocycles. The van der Waals surface area contributed by atoms with Gasteiger partial charge in [0, 0.05) is 11.4 Å². The molecule has 0 aliphatic carbocycles. The van der Waals surface area contributed by atoms with E-state index in [2.05, 4.69) is 4.98 Å². The Hall–Kier alpha value is -2.56. The van der Waals surface area contributed by atoms with E-state index in [-0.39, 0.29) is 5.56 Å². The summed E-state index contributed by atoms with van der Waals surface area (Å²) in [5.41, 5.74) is 6.61. The lowest BCUT2D eigenvalue weighted by molar-refractivity contribution is 0.0695. The van der Waals surface area contributed by atoms with Crippen molar-refractivity contribution in [1.29, 1.82) is 0 Å². The average Bonchev–Trinajstić information content (AvgIpc) is 2.29. The normalized spacial score (nSPS) is 10.1. The van der Waals surface area contributed by atoms with Crippen LogP contribution in [0.4, 0.5) is 5.69 Å². The summed E-state index contributed by atoms with van der Waals surface area (Å²) < 4.78 is 0. The van der Waals surface area contributed by atoms with Crippen LogP contribution in [0.5, 0.6) is 0 Å². The van der Waals surface area contributed by atoms with Gasteiger partial charge in [0.05, 0.1) is 0 Å². The summed E-state index contributed by atoms with van der Waals surface area (Å²) in [6.45, 7) is 0. The zero-order valence-electron chi connectivity index (χ0n) is 8.81. The van der Waals surface area contributed by atoms with Crippen molar-refractivity contribution in [3.63, 3.8) is 0 Å². The first kappa shape index (κ1) is 10.9. The Balaban J connectivity index is 2.48. The lowest BCUT2D eigenvalue weighted by Gasteiger charge is -2.02. The van der Waals surface area contributed by atoms with Crippen LogP contribution in [0.1, 0.15) is 10.4 Å². The fourth-order valence-corrected chi connectivity index (χ4v) is 1.47. The summed E-state index contributed by atoms with van der Waals surface area (Å²) in [6.07, 6.45) is 0. The first-order valence-electron chi connectivity index (χ1n) is 4.90. The number of H-pyrrole nitrogens is 1. The van der Waals surface area contributed by atoms with Gasteiger partial charge in [-0.05, 0) is 29.8 Å². The van der Waals surface area contributed by atoms with Crippen LogP contribution in [0.3, 0.4) is 0 Å². The number of pyridine rings is 1. The van der Waals surface area contributed by atoms with E-state index in [1.165, 1.54) is 6.07 Å². The predicted molar refractivity (Wildman–Crippen MR) is 63.9 cm³/mol. The Labute approximate surface area is 96.5 Å². The third-order valence-electron chi connectivity index (χ3n) is 2.36. The number of carboxylic acids is 1. The van der Waals surface area contributed by atoms with Gasteiger partial charge in [-0.2, -0.15) is 0 Å². The molecule has 0 aliphatic rings. The first-order valence-corrected chi connectivity index (χ1v) is 4.90. The number of nitrogen functional groups attached to an aromatic ring is 1. The minimum absolute atomic E-state index is 0.274. The second-order valence-corrected chi connectivity index (χ2v) is 3.54. The van der Waals surface area contributed by atoms with Crippen molar-refractivity contribution < 1.29 is 9.90 Å². The molecule has 5 heteroatoms. The third-order valence-corrected chi connectivity index (χ3v) is 2.36. The number of aromatic carboxylic acids is 1. The quantitative estimate of drug-likeness (QED) is 0.678. The molecule has 1 heterocycles. The zero-order chi connectivity index (χ0) is 12.4. The van der Waals surface area contributed by atoms with Crippen LogP contribution in [0.25, 0.3) is 11.3 Å². The van der Waals surface area contributed by atoms with Gasteiger partial charge in [-0.3, -0.25) is 4.79 Å². The number of aromatic nitrogens is 1. The molecule has 0 atom stereocenters. The standard InChI is InChI=1S/C12H10N2O3/c13-8-3-1-7(2-4-8)10-6-5-9(12(16)17)11(15)14-10/h1-6H,13H2,(H,14,15)(H,16,17). The molecule has 0 radical (unpaired) electrons. The number of hydrogen-bond donors (Lipinski definition) is 3. The molecule has 4 N–H and O–H groups in total. The summed E-state index contributed by atoms with van der Waals surface area (Å²) in [4.78, 5) is 24.7. The van der Waals surface area contributed by atoms with Gasteiger partial charge in [0.2, 0.25) is 0 Å². The maximum absolute atomic E-state index is 11.5. The van der Waals surface area contributed by atoms with E-state index in [4.69, 9.17) is 10.8 Å². The highest BCUT2D eigenvalue weighted by Crippen LogP contribution is 2.17. The molecule has 2 aromatic rings. The molecule has 17 heavy (non-hydrogen) atoms. The largest absolute Gasteiger partial charge is 0.477 e. The van der Waals surface area contributed by atoms with Crippen LogP contribution in [0.2, 0.25) is 0 Å². The van der Waals surface area contributed by atoms with E-state index in [0.29, 0.717) is 11.4 Å². The van der Waals surface area contributed by atoms with Crippen LogP contribution in [-0.4, -0.2) is 16.1 Å². The van der Waals surface area contributed by atoms with Crippen LogP contribution < -0.4 is 11.3 Å². The molecular weight excluding hydrogens is 220 g/mol. The Morgan fingerprint density at radius 1 is 1.12 bits per heavy atom. The number of carboxylic acid groups (broad SMARTS) is 1. The lowest BCUT2D eigenvalue weighted by atomic mass is 10.1. The van der Waals surface area contributed by atoms with Crippen LogP contribution >= 0.6 is 0 Å². The third kappa shape index (κ3) is 2.17. The molecule has 0 amide bonds. The van der Waals surface area contributed by atoms with Crippen LogP contribution in [-0.2, 0) is 0 Å². The number of nitrogens with two attached hydrogens (primary N) is 1. The molecule has 1 aromatic carbocycles. The second-order valence-electron chi connectivity index (χ2n) is 3.54. The smallest absolute Gasteiger partial charge is 0.341 e. The molecule has 0 saturated heterocycles. The van der Waals surface area contributed by atoms with Gasteiger partial charge in [-0.25, -0.2) is 4.79 Å². The Morgan fingerprint density at radius 3 is 2.29 bits per heavy atom. The van der Waals surface area contributed by atoms with E-state index in [1.807, 2.05) is 0 Å². The maximum Gasteiger partial charge on any atom is 0.341 e. The number of hydrogen-bond acceptors (Lipinski definition) is 3. The van der Waals surface area contributed by atoms with E-state index in [9.17, 15) is 9.59 Å². The summed E-state index contributed by atoms with van der Waals surface area (Å²) >= 11 is 0. The van der Waals surface area contributed by atoms with Crippen molar-refractivity contribution in [3.05, 3.63) is 52.3 Å². The second kappa shape index (κ2) is 4.13. The van der Waals surface area contributed by atoms with Crippen molar-refractivity contribution in [2.75, 3.05) is 5.73 Å². The maximum atomic E-state index is 11.5. The van der Waals surface area contributed by atoms with Gasteiger partial charge >= 0.3 is 5.97 Å². The fourth-order valence-electron chi connectivity index (χ4n) is 1.47. The van der Waals surface area contributed by atoms with E-state index >= 15 is 0 Å². The monoisotopic (exact) mass is 230 g/mol. The van der Waals surface area contributed by atoms with E-state index < -0.39 is 11.5 Å². The zero-order valence-corrected chi connectivity index (χ0v) is 8.81. The topological polar surface area (TPSA) is 96.2 Å². The summed E-state index contributed by atoms with van der Waals surface area (Å²) in [5, 5.41) is 8.73. The Kier molecular flexibility index (Phi) is 2.66. The molecule has 0 fully saturated rings. The van der Waals surface area contributed by atoms with Crippen molar-refractivity contribution in [3.8, 4) is 11.3 Å². The molecule has 0 unspecified atom stereocenters. The van der Waals surface area contributed by atoms with Gasteiger partial charge in [-0.1, -0.05) is 12.1 Å². The van der Waals surface area contributed by atoms with Gasteiger partial charge in [-0.15, -0.1) is 0 Å². The van der Waals surface area contributed by atoms with Crippen molar-refractivity contribution in [2.24, 2.45) is 0 Å². The fraction of sp³-hybridized carbons (Fsp3) is 0. The molecule has 0 bridgehead atoms. The number of benzene rings is 1. The summed E-state index contributed by atoms with van der Waals surface area (Å²) in [5.74, 6) is -1.24. The van der Waals surface area contributed by atoms with Gasteiger partial charge < -0.3 is 15.8 Å². The van der Waals surface area contributed by atoms with E-state index in [1.54, 1.807) is 30.3 Å². The molecule has 5 nitrogen and oxygen atoms in total.